The molecule has 0 saturated heterocycles. The van der Waals surface area contributed by atoms with Gasteiger partial charge in [0.2, 0.25) is 0 Å². The van der Waals surface area contributed by atoms with Gasteiger partial charge in [-0.05, 0) is 24.7 Å². The molecule has 0 fully saturated rings. The zero-order valence-corrected chi connectivity index (χ0v) is 16.2. The van der Waals surface area contributed by atoms with E-state index in [4.69, 9.17) is 4.99 Å². The van der Waals surface area contributed by atoms with Crippen molar-refractivity contribution in [3.8, 4) is 0 Å². The van der Waals surface area contributed by atoms with Crippen LogP contribution in [0.5, 0.6) is 0 Å². The number of rotatable bonds is 10. The molecule has 1 N–H and O–H groups in total. The number of nitrogens with zero attached hydrogens (tertiary/aromatic N) is 1. The van der Waals surface area contributed by atoms with Gasteiger partial charge in [-0.25, -0.2) is 4.79 Å². The van der Waals surface area contributed by atoms with Crippen LogP contribution in [0.4, 0.5) is 0 Å². The highest BCUT2D eigenvalue weighted by Crippen LogP contribution is 2.21. The van der Waals surface area contributed by atoms with Gasteiger partial charge >= 0.3 is 5.97 Å². The van der Waals surface area contributed by atoms with Crippen molar-refractivity contribution in [2.24, 2.45) is 16.8 Å². The average molecular weight is 364 g/mol. The molecule has 0 aromatic heterocycles. The lowest BCUT2D eigenvalue weighted by Gasteiger charge is -2.19. The summed E-state index contributed by atoms with van der Waals surface area (Å²) in [6.07, 6.45) is 4.77. The average Bonchev–Trinajstić information content (AvgIpc) is 2.69. The van der Waals surface area contributed by atoms with Crippen molar-refractivity contribution >= 4 is 11.7 Å². The highest BCUT2D eigenvalue weighted by atomic mass is 16.4. The summed E-state index contributed by atoms with van der Waals surface area (Å²) < 4.78 is 0. The molecule has 0 radical (unpaired) electrons. The predicted molar refractivity (Wildman–Crippen MR) is 112 cm³/mol. The van der Waals surface area contributed by atoms with E-state index in [1.54, 1.807) is 0 Å². The van der Waals surface area contributed by atoms with Gasteiger partial charge in [0.05, 0.1) is 5.71 Å². The summed E-state index contributed by atoms with van der Waals surface area (Å²) in [5, 5.41) is 9.82. The maximum Gasteiger partial charge on any atom is 0.328 e. The lowest BCUT2D eigenvalue weighted by Crippen LogP contribution is -2.28. The SMILES string of the molecule is C=CC(C)CCC[C@@H](C)C(N=C(c1ccccc1)c1ccccc1)C(=O)O. The Morgan fingerprint density at radius 1 is 1.00 bits per heavy atom. The highest BCUT2D eigenvalue weighted by molar-refractivity contribution is 6.13. The summed E-state index contributed by atoms with van der Waals surface area (Å²) in [6, 6.07) is 18.8. The molecule has 0 aliphatic rings. The summed E-state index contributed by atoms with van der Waals surface area (Å²) in [6.45, 7) is 7.93. The molecule has 27 heavy (non-hydrogen) atoms. The van der Waals surface area contributed by atoms with Crippen LogP contribution < -0.4 is 0 Å². The molecule has 0 saturated carbocycles. The predicted octanol–water partition coefficient (Wildman–Crippen LogP) is 5.61. The first kappa shape index (κ1) is 20.6. The number of benzene rings is 2. The van der Waals surface area contributed by atoms with Crippen molar-refractivity contribution in [3.05, 3.63) is 84.4 Å². The number of carboxylic acid groups (broad SMARTS) is 1. The number of hydrogen-bond donors (Lipinski definition) is 1. The van der Waals surface area contributed by atoms with Crippen molar-refractivity contribution in [3.63, 3.8) is 0 Å². The third-order valence-electron chi connectivity index (χ3n) is 4.88. The van der Waals surface area contributed by atoms with Gasteiger partial charge in [0.25, 0.3) is 0 Å². The van der Waals surface area contributed by atoms with Crippen LogP contribution in [-0.4, -0.2) is 22.8 Å². The summed E-state index contributed by atoms with van der Waals surface area (Å²) in [5.41, 5.74) is 2.60. The standard InChI is InChI=1S/C24H29NO2/c1-4-18(2)12-11-13-19(3)22(24(26)27)25-23(20-14-7-5-8-15-20)21-16-9-6-10-17-21/h4-10,14-19,22H,1,11-13H2,2-3H3,(H,26,27)/t18?,19-,22?/m1/s1. The van der Waals surface area contributed by atoms with Gasteiger partial charge in [-0.15, -0.1) is 6.58 Å². The number of aliphatic imine (C=N–C) groups is 1. The van der Waals surface area contributed by atoms with E-state index >= 15 is 0 Å². The fourth-order valence-corrected chi connectivity index (χ4v) is 3.11. The quantitative estimate of drug-likeness (QED) is 0.441. The lowest BCUT2D eigenvalue weighted by atomic mass is 9.92. The van der Waals surface area contributed by atoms with Crippen molar-refractivity contribution in [1.82, 2.24) is 0 Å². The normalized spacial score (nSPS) is 14.0. The molecule has 2 rings (SSSR count). The van der Waals surface area contributed by atoms with Crippen LogP contribution in [-0.2, 0) is 4.79 Å². The second-order valence-corrected chi connectivity index (χ2v) is 7.11. The van der Waals surface area contributed by atoms with E-state index in [2.05, 4.69) is 13.5 Å². The molecule has 2 aromatic rings. The lowest BCUT2D eigenvalue weighted by molar-refractivity contribution is -0.139. The highest BCUT2D eigenvalue weighted by Gasteiger charge is 2.25. The van der Waals surface area contributed by atoms with E-state index in [1.165, 1.54) is 0 Å². The van der Waals surface area contributed by atoms with Crippen molar-refractivity contribution in [2.45, 2.75) is 39.2 Å². The van der Waals surface area contributed by atoms with Crippen LogP contribution >= 0.6 is 0 Å². The summed E-state index contributed by atoms with van der Waals surface area (Å²) in [5.74, 6) is -0.459. The third kappa shape index (κ3) is 6.21. The van der Waals surface area contributed by atoms with Gasteiger partial charge < -0.3 is 5.11 Å². The second kappa shape index (κ2) is 10.5. The van der Waals surface area contributed by atoms with Gasteiger partial charge in [-0.3, -0.25) is 4.99 Å². The minimum absolute atomic E-state index is 0.0399. The number of carboxylic acids is 1. The van der Waals surface area contributed by atoms with Crippen molar-refractivity contribution in [2.75, 3.05) is 0 Å². The van der Waals surface area contributed by atoms with E-state index < -0.39 is 12.0 Å². The smallest absolute Gasteiger partial charge is 0.328 e. The van der Waals surface area contributed by atoms with Crippen LogP contribution in [0, 0.1) is 11.8 Å². The molecular weight excluding hydrogens is 334 g/mol. The number of aliphatic carboxylic acids is 1. The fraction of sp³-hybridized carbons (Fsp3) is 0.333. The molecule has 3 atom stereocenters. The molecule has 142 valence electrons. The van der Waals surface area contributed by atoms with E-state index in [0.717, 1.165) is 36.1 Å². The Hall–Kier alpha value is -2.68. The van der Waals surface area contributed by atoms with Gasteiger partial charge in [-0.2, -0.15) is 0 Å². The molecule has 0 heterocycles. The van der Waals surface area contributed by atoms with E-state index in [1.807, 2.05) is 73.7 Å². The van der Waals surface area contributed by atoms with Crippen LogP contribution in [0.25, 0.3) is 0 Å². The molecule has 3 nitrogen and oxygen atoms in total. The molecule has 2 unspecified atom stereocenters. The monoisotopic (exact) mass is 363 g/mol. The second-order valence-electron chi connectivity index (χ2n) is 7.11. The minimum Gasteiger partial charge on any atom is -0.480 e. The molecule has 0 aliphatic carbocycles. The van der Waals surface area contributed by atoms with Gasteiger partial charge in [0.1, 0.15) is 0 Å². The van der Waals surface area contributed by atoms with Gasteiger partial charge in [-0.1, -0.05) is 87.0 Å². The van der Waals surface area contributed by atoms with Crippen molar-refractivity contribution < 1.29 is 9.90 Å². The Morgan fingerprint density at radius 3 is 1.96 bits per heavy atom. The summed E-state index contributed by atoms with van der Waals surface area (Å²) in [7, 11) is 0. The van der Waals surface area contributed by atoms with Gasteiger partial charge in [0.15, 0.2) is 6.04 Å². The zero-order valence-electron chi connectivity index (χ0n) is 16.2. The molecule has 0 spiro atoms. The summed E-state index contributed by atoms with van der Waals surface area (Å²) in [4.78, 5) is 16.7. The Morgan fingerprint density at radius 2 is 1.52 bits per heavy atom. The van der Waals surface area contributed by atoms with E-state index in [0.29, 0.717) is 5.92 Å². The van der Waals surface area contributed by atoms with Crippen LogP contribution in [0.2, 0.25) is 0 Å². The minimum atomic E-state index is -0.872. The fourth-order valence-electron chi connectivity index (χ4n) is 3.11. The third-order valence-corrected chi connectivity index (χ3v) is 4.88. The molecule has 0 aliphatic heterocycles. The maximum atomic E-state index is 12.0. The first-order valence-electron chi connectivity index (χ1n) is 9.57. The first-order valence-corrected chi connectivity index (χ1v) is 9.57. The van der Waals surface area contributed by atoms with E-state index in [9.17, 15) is 9.90 Å². The molecule has 3 heteroatoms. The topological polar surface area (TPSA) is 49.7 Å². The van der Waals surface area contributed by atoms with Gasteiger partial charge in [0, 0.05) is 11.1 Å². The molecule has 2 aromatic carbocycles. The Balaban J connectivity index is 2.30. The molecule has 0 bridgehead atoms. The van der Waals surface area contributed by atoms with Crippen molar-refractivity contribution in [1.29, 1.82) is 0 Å². The number of allylic oxidation sites excluding steroid dienone is 1. The first-order chi connectivity index (χ1) is 13.0. The summed E-state index contributed by atoms with van der Waals surface area (Å²) >= 11 is 0. The van der Waals surface area contributed by atoms with E-state index in [-0.39, 0.29) is 5.92 Å². The Labute approximate surface area is 162 Å². The largest absolute Gasteiger partial charge is 0.480 e. The Kier molecular flexibility index (Phi) is 8.00. The van der Waals surface area contributed by atoms with Crippen LogP contribution in [0.3, 0.4) is 0 Å². The number of carbonyl (C=O) groups is 1. The molecular formula is C24H29NO2. The number of hydrogen-bond acceptors (Lipinski definition) is 2. The zero-order chi connectivity index (χ0) is 19.6. The van der Waals surface area contributed by atoms with Crippen LogP contribution in [0.15, 0.2) is 78.3 Å². The Bertz CT molecular complexity index is 711. The molecule has 0 amide bonds. The van der Waals surface area contributed by atoms with Crippen LogP contribution in [0.1, 0.15) is 44.2 Å². The maximum absolute atomic E-state index is 12.0.